The van der Waals surface area contributed by atoms with E-state index >= 15 is 0 Å². The fourth-order valence-corrected chi connectivity index (χ4v) is 9.04. The third-order valence-corrected chi connectivity index (χ3v) is 10.7. The Bertz CT molecular complexity index is 823. The standard InChI is InChI=1S/C28H40N2O/c1-2-27-15-20-14-23(25(31)30-22-8-11-26(12-9-22)18-29-19-26)24(27)10-13-28(16-20,17-27)21-6-4-3-5-7-21/h3-7,20,22-24,29H,2,8-19H2,1H3,(H,30,31). The average Bonchev–Trinajstić information content (AvgIpc) is 2.77. The minimum absolute atomic E-state index is 0.258. The molecular weight excluding hydrogens is 380 g/mol. The lowest BCUT2D eigenvalue weighted by Gasteiger charge is -2.63. The third kappa shape index (κ3) is 3.21. The van der Waals surface area contributed by atoms with E-state index in [4.69, 9.17) is 0 Å². The Kier molecular flexibility index (Phi) is 4.80. The fraction of sp³-hybridized carbons (Fsp3) is 0.750. The molecular formula is C28H40N2O. The van der Waals surface area contributed by atoms with Gasteiger partial charge in [0.15, 0.2) is 0 Å². The summed E-state index contributed by atoms with van der Waals surface area (Å²) in [6, 6.07) is 11.8. The van der Waals surface area contributed by atoms with Crippen molar-refractivity contribution in [3.63, 3.8) is 0 Å². The van der Waals surface area contributed by atoms with Gasteiger partial charge < -0.3 is 10.6 Å². The number of benzene rings is 1. The molecule has 3 heteroatoms. The van der Waals surface area contributed by atoms with Gasteiger partial charge in [-0.1, -0.05) is 43.7 Å². The van der Waals surface area contributed by atoms with Crippen LogP contribution in [0.2, 0.25) is 0 Å². The Labute approximate surface area is 188 Å². The van der Waals surface area contributed by atoms with Crippen LogP contribution in [0.25, 0.3) is 0 Å². The van der Waals surface area contributed by atoms with Gasteiger partial charge in [-0.15, -0.1) is 0 Å². The minimum atomic E-state index is 0.258. The first-order valence-corrected chi connectivity index (χ1v) is 13.1. The van der Waals surface area contributed by atoms with Crippen LogP contribution in [0.1, 0.15) is 83.1 Å². The second-order valence-electron chi connectivity index (χ2n) is 12.2. The smallest absolute Gasteiger partial charge is 0.223 e. The van der Waals surface area contributed by atoms with Gasteiger partial charge in [-0.05, 0) is 97.9 Å². The lowest BCUT2D eigenvalue weighted by atomic mass is 9.41. The summed E-state index contributed by atoms with van der Waals surface area (Å²) >= 11 is 0. The molecule has 5 aliphatic rings. The molecule has 0 radical (unpaired) electrons. The molecule has 1 spiro atoms. The molecule has 5 unspecified atom stereocenters. The summed E-state index contributed by atoms with van der Waals surface area (Å²) in [6.45, 7) is 4.80. The molecule has 168 valence electrons. The molecule has 5 atom stereocenters. The largest absolute Gasteiger partial charge is 0.353 e. The SMILES string of the molecule is CCC12CC3CC(C(=O)NC4CCC5(CC4)CNC5)C1CCC(c1ccccc1)(C3)C2. The number of nitrogens with one attached hydrogen (secondary N) is 2. The number of rotatable bonds is 4. The van der Waals surface area contributed by atoms with Crippen molar-refractivity contribution < 1.29 is 4.79 Å². The van der Waals surface area contributed by atoms with Crippen molar-refractivity contribution in [1.29, 1.82) is 0 Å². The van der Waals surface area contributed by atoms with E-state index in [9.17, 15) is 4.79 Å². The van der Waals surface area contributed by atoms with E-state index in [1.807, 2.05) is 0 Å². The summed E-state index contributed by atoms with van der Waals surface area (Å²) in [7, 11) is 0. The van der Waals surface area contributed by atoms with Gasteiger partial charge in [0.1, 0.15) is 0 Å². The van der Waals surface area contributed by atoms with Crippen molar-refractivity contribution >= 4 is 5.91 Å². The van der Waals surface area contributed by atoms with E-state index in [1.165, 1.54) is 77.3 Å². The van der Waals surface area contributed by atoms with Crippen LogP contribution in [-0.2, 0) is 10.2 Å². The zero-order chi connectivity index (χ0) is 21.1. The maximum absolute atomic E-state index is 13.6. The maximum atomic E-state index is 13.6. The van der Waals surface area contributed by atoms with Crippen molar-refractivity contribution in [2.45, 2.75) is 89.0 Å². The highest BCUT2D eigenvalue weighted by molar-refractivity contribution is 5.79. The highest BCUT2D eigenvalue weighted by Gasteiger charge is 2.60. The van der Waals surface area contributed by atoms with E-state index < -0.39 is 0 Å². The normalized spacial score (nSPS) is 41.0. The zero-order valence-electron chi connectivity index (χ0n) is 19.3. The molecule has 1 aromatic carbocycles. The van der Waals surface area contributed by atoms with Gasteiger partial charge in [-0.25, -0.2) is 0 Å². The average molecular weight is 421 g/mol. The first-order valence-electron chi connectivity index (χ1n) is 13.1. The van der Waals surface area contributed by atoms with Gasteiger partial charge in [-0.3, -0.25) is 4.79 Å². The quantitative estimate of drug-likeness (QED) is 0.703. The predicted molar refractivity (Wildman–Crippen MR) is 125 cm³/mol. The highest BCUT2D eigenvalue weighted by Crippen LogP contribution is 2.67. The van der Waals surface area contributed by atoms with Crippen molar-refractivity contribution in [1.82, 2.24) is 10.6 Å². The number of hydrogen-bond donors (Lipinski definition) is 2. The van der Waals surface area contributed by atoms with E-state index in [2.05, 4.69) is 47.9 Å². The Balaban J connectivity index is 1.19. The summed E-state index contributed by atoms with van der Waals surface area (Å²) in [4.78, 5) is 13.6. The molecule has 1 aliphatic heterocycles. The molecule has 1 aromatic rings. The van der Waals surface area contributed by atoms with E-state index in [-0.39, 0.29) is 5.92 Å². The summed E-state index contributed by atoms with van der Waals surface area (Å²) < 4.78 is 0. The van der Waals surface area contributed by atoms with Gasteiger partial charge >= 0.3 is 0 Å². The van der Waals surface area contributed by atoms with Crippen LogP contribution in [0.3, 0.4) is 0 Å². The fourth-order valence-electron chi connectivity index (χ4n) is 9.04. The Hall–Kier alpha value is -1.35. The highest BCUT2D eigenvalue weighted by atomic mass is 16.2. The first-order chi connectivity index (χ1) is 15.1. The number of carbonyl (C=O) groups is 1. The van der Waals surface area contributed by atoms with Crippen LogP contribution in [0, 0.1) is 28.6 Å². The summed E-state index contributed by atoms with van der Waals surface area (Å²) in [5, 5.41) is 7.03. The monoisotopic (exact) mass is 420 g/mol. The second kappa shape index (κ2) is 7.33. The Morgan fingerprint density at radius 1 is 1.06 bits per heavy atom. The van der Waals surface area contributed by atoms with Gasteiger partial charge in [0.2, 0.25) is 5.91 Å². The van der Waals surface area contributed by atoms with Crippen molar-refractivity contribution in [3.8, 4) is 0 Å². The maximum Gasteiger partial charge on any atom is 0.223 e. The van der Waals surface area contributed by atoms with E-state index in [0.717, 1.165) is 12.3 Å². The zero-order valence-corrected chi connectivity index (χ0v) is 19.3. The molecule has 4 saturated carbocycles. The molecule has 4 aliphatic carbocycles. The van der Waals surface area contributed by atoms with Crippen LogP contribution in [0.4, 0.5) is 0 Å². The predicted octanol–water partition coefficient (Wildman–Crippen LogP) is 5.20. The topological polar surface area (TPSA) is 41.1 Å². The number of carbonyl (C=O) groups excluding carboxylic acids is 1. The molecule has 6 rings (SSSR count). The van der Waals surface area contributed by atoms with Gasteiger partial charge in [0, 0.05) is 25.0 Å². The molecule has 3 nitrogen and oxygen atoms in total. The van der Waals surface area contributed by atoms with E-state index in [0.29, 0.717) is 34.1 Å². The van der Waals surface area contributed by atoms with Crippen LogP contribution in [0.15, 0.2) is 30.3 Å². The Morgan fingerprint density at radius 2 is 1.84 bits per heavy atom. The van der Waals surface area contributed by atoms with Gasteiger partial charge in [0.05, 0.1) is 0 Å². The summed E-state index contributed by atoms with van der Waals surface area (Å²) in [5.74, 6) is 1.98. The molecule has 2 N–H and O–H groups in total. The molecule has 1 heterocycles. The van der Waals surface area contributed by atoms with Crippen LogP contribution >= 0.6 is 0 Å². The second-order valence-corrected chi connectivity index (χ2v) is 12.2. The third-order valence-electron chi connectivity index (χ3n) is 10.7. The number of hydrogen-bond acceptors (Lipinski definition) is 2. The summed E-state index contributed by atoms with van der Waals surface area (Å²) in [6.07, 6.45) is 13.8. The van der Waals surface area contributed by atoms with Crippen LogP contribution < -0.4 is 10.6 Å². The van der Waals surface area contributed by atoms with Crippen molar-refractivity contribution in [3.05, 3.63) is 35.9 Å². The van der Waals surface area contributed by atoms with Gasteiger partial charge in [-0.2, -0.15) is 0 Å². The van der Waals surface area contributed by atoms with Crippen molar-refractivity contribution in [2.24, 2.45) is 28.6 Å². The lowest BCUT2D eigenvalue weighted by Crippen LogP contribution is -2.59. The Morgan fingerprint density at radius 3 is 2.52 bits per heavy atom. The van der Waals surface area contributed by atoms with Gasteiger partial charge in [0.25, 0.3) is 0 Å². The van der Waals surface area contributed by atoms with Crippen molar-refractivity contribution in [2.75, 3.05) is 13.1 Å². The molecule has 1 amide bonds. The van der Waals surface area contributed by atoms with Crippen LogP contribution in [0.5, 0.6) is 0 Å². The summed E-state index contributed by atoms with van der Waals surface area (Å²) in [5.41, 5.74) is 2.89. The minimum Gasteiger partial charge on any atom is -0.353 e. The number of amides is 1. The molecule has 1 saturated heterocycles. The molecule has 5 fully saturated rings. The molecule has 3 bridgehead atoms. The first kappa shape index (κ1) is 20.3. The molecule has 31 heavy (non-hydrogen) atoms. The lowest BCUT2D eigenvalue weighted by molar-refractivity contribution is -0.147. The van der Waals surface area contributed by atoms with E-state index in [1.54, 1.807) is 5.56 Å². The van der Waals surface area contributed by atoms with Crippen LogP contribution in [-0.4, -0.2) is 25.0 Å². The molecule has 0 aromatic heterocycles. The number of fused-ring (bicyclic) bond motifs is 2.